The van der Waals surface area contributed by atoms with Gasteiger partial charge in [0.1, 0.15) is 0 Å². The van der Waals surface area contributed by atoms with E-state index in [0.29, 0.717) is 18.1 Å². The van der Waals surface area contributed by atoms with Crippen molar-refractivity contribution in [1.82, 2.24) is 0 Å². The highest BCUT2D eigenvalue weighted by Gasteiger charge is 2.22. The zero-order chi connectivity index (χ0) is 16.7. The molecular formula is C18H24O4S. The van der Waals surface area contributed by atoms with E-state index in [0.717, 1.165) is 30.8 Å². The van der Waals surface area contributed by atoms with Gasteiger partial charge in [-0.3, -0.25) is 0 Å². The van der Waals surface area contributed by atoms with Crippen molar-refractivity contribution in [3.8, 4) is 11.8 Å². The van der Waals surface area contributed by atoms with E-state index in [1.807, 2.05) is 6.08 Å². The van der Waals surface area contributed by atoms with Gasteiger partial charge in [-0.2, -0.15) is 0 Å². The summed E-state index contributed by atoms with van der Waals surface area (Å²) in [6.07, 6.45) is 6.85. The number of thioether (sulfide) groups is 1. The van der Waals surface area contributed by atoms with Gasteiger partial charge >= 0.3 is 5.97 Å². The summed E-state index contributed by atoms with van der Waals surface area (Å²) in [5, 5.41) is 0. The third-order valence-electron chi connectivity index (χ3n) is 3.52. The molecule has 4 nitrogen and oxygen atoms in total. The average molecular weight is 336 g/mol. The molecule has 2 heterocycles. The Morgan fingerprint density at radius 1 is 1.43 bits per heavy atom. The zero-order valence-electron chi connectivity index (χ0n) is 14.0. The zero-order valence-corrected chi connectivity index (χ0v) is 14.8. The molecule has 0 bridgehead atoms. The van der Waals surface area contributed by atoms with Crippen LogP contribution in [-0.2, 0) is 19.0 Å². The maximum absolute atomic E-state index is 11.7. The Labute approximate surface area is 142 Å². The number of allylic oxidation sites excluding steroid dienone is 3. The number of methoxy groups -OCH3 is 1. The van der Waals surface area contributed by atoms with Crippen LogP contribution in [0.3, 0.4) is 0 Å². The van der Waals surface area contributed by atoms with Gasteiger partial charge in [0.2, 0.25) is 0 Å². The third-order valence-corrected chi connectivity index (χ3v) is 4.57. The second kappa shape index (κ2) is 8.58. The normalized spacial score (nSPS) is 21.6. The Hall–Kier alpha value is -1.22. The fourth-order valence-electron chi connectivity index (χ4n) is 2.17. The molecule has 2 aliphatic rings. The molecule has 2 aliphatic heterocycles. The van der Waals surface area contributed by atoms with Crippen molar-refractivity contribution in [2.75, 3.05) is 26.9 Å². The van der Waals surface area contributed by atoms with Crippen LogP contribution >= 0.6 is 11.8 Å². The molecule has 1 saturated heterocycles. The standard InChI is InChI=1S/C18H24O4S/c1-18(2,13-22-14-9-11-21-12-14)10-8-15-6-4-5-7-16(23-15)17(19)20-3/h6-7,14H,4-5,9,11-13H2,1-3H3. The topological polar surface area (TPSA) is 44.8 Å². The molecule has 0 amide bonds. The summed E-state index contributed by atoms with van der Waals surface area (Å²) in [5.41, 5.74) is -0.245. The van der Waals surface area contributed by atoms with Gasteiger partial charge in [0.15, 0.2) is 0 Å². The maximum atomic E-state index is 11.7. The fourth-order valence-corrected chi connectivity index (χ4v) is 3.08. The van der Waals surface area contributed by atoms with Crippen LogP contribution in [0.4, 0.5) is 0 Å². The predicted octanol–water partition coefficient (Wildman–Crippen LogP) is 3.29. The van der Waals surface area contributed by atoms with Crippen LogP contribution < -0.4 is 0 Å². The van der Waals surface area contributed by atoms with Crippen LogP contribution in [-0.4, -0.2) is 39.0 Å². The Morgan fingerprint density at radius 3 is 2.91 bits per heavy atom. The Morgan fingerprint density at radius 2 is 2.22 bits per heavy atom. The first-order valence-electron chi connectivity index (χ1n) is 7.89. The summed E-state index contributed by atoms with van der Waals surface area (Å²) in [6, 6.07) is 0. The maximum Gasteiger partial charge on any atom is 0.344 e. The Kier molecular flexibility index (Phi) is 6.76. The van der Waals surface area contributed by atoms with Crippen molar-refractivity contribution < 1.29 is 19.0 Å². The summed E-state index contributed by atoms with van der Waals surface area (Å²) in [5.74, 6) is 6.18. The van der Waals surface area contributed by atoms with Gasteiger partial charge in [0.25, 0.3) is 0 Å². The van der Waals surface area contributed by atoms with E-state index in [9.17, 15) is 4.79 Å². The molecule has 0 spiro atoms. The first kappa shape index (κ1) is 18.1. The molecule has 0 aromatic rings. The SMILES string of the molecule is COC(=O)C1=CCCC=C(C#CC(C)(C)COC2CCOC2)S1. The van der Waals surface area contributed by atoms with Crippen molar-refractivity contribution in [2.24, 2.45) is 5.41 Å². The van der Waals surface area contributed by atoms with Gasteiger partial charge < -0.3 is 14.2 Å². The van der Waals surface area contributed by atoms with Crippen LogP contribution in [0.5, 0.6) is 0 Å². The van der Waals surface area contributed by atoms with E-state index >= 15 is 0 Å². The van der Waals surface area contributed by atoms with Gasteiger partial charge in [0, 0.05) is 12.0 Å². The quantitative estimate of drug-likeness (QED) is 0.582. The molecule has 1 fully saturated rings. The molecule has 126 valence electrons. The molecule has 0 aromatic carbocycles. The predicted molar refractivity (Wildman–Crippen MR) is 91.7 cm³/mol. The number of esters is 1. The molecule has 1 unspecified atom stereocenters. The van der Waals surface area contributed by atoms with Crippen molar-refractivity contribution in [3.05, 3.63) is 22.0 Å². The van der Waals surface area contributed by atoms with Crippen LogP contribution in [0.1, 0.15) is 33.1 Å². The number of ether oxygens (including phenoxy) is 3. The van der Waals surface area contributed by atoms with Gasteiger partial charge in [-0.1, -0.05) is 35.8 Å². The van der Waals surface area contributed by atoms with Crippen LogP contribution in [0.25, 0.3) is 0 Å². The Balaban J connectivity index is 1.94. The molecular weight excluding hydrogens is 312 g/mol. The minimum absolute atomic E-state index is 0.191. The molecule has 0 saturated carbocycles. The molecule has 0 N–H and O–H groups in total. The van der Waals surface area contributed by atoms with E-state index < -0.39 is 0 Å². The lowest BCUT2D eigenvalue weighted by molar-refractivity contribution is -0.135. The first-order chi connectivity index (χ1) is 11.0. The van der Waals surface area contributed by atoms with Crippen molar-refractivity contribution >= 4 is 17.7 Å². The molecule has 1 atom stereocenters. The highest BCUT2D eigenvalue weighted by Crippen LogP contribution is 2.30. The summed E-state index contributed by atoms with van der Waals surface area (Å²) < 4.78 is 16.0. The molecule has 0 aliphatic carbocycles. The number of hydrogen-bond acceptors (Lipinski definition) is 5. The van der Waals surface area contributed by atoms with E-state index in [-0.39, 0.29) is 17.5 Å². The van der Waals surface area contributed by atoms with Crippen molar-refractivity contribution in [3.63, 3.8) is 0 Å². The minimum Gasteiger partial charge on any atom is -0.465 e. The van der Waals surface area contributed by atoms with Gasteiger partial charge in [-0.25, -0.2) is 4.79 Å². The lowest BCUT2D eigenvalue weighted by Gasteiger charge is -2.20. The number of hydrogen-bond donors (Lipinski definition) is 0. The smallest absolute Gasteiger partial charge is 0.344 e. The summed E-state index contributed by atoms with van der Waals surface area (Å²) in [7, 11) is 1.40. The second-order valence-electron chi connectivity index (χ2n) is 6.24. The highest BCUT2D eigenvalue weighted by atomic mass is 32.2. The summed E-state index contributed by atoms with van der Waals surface area (Å²) >= 11 is 1.38. The Bertz CT molecular complexity index is 545. The monoisotopic (exact) mass is 336 g/mol. The van der Waals surface area contributed by atoms with Gasteiger partial charge in [-0.05, 0) is 33.1 Å². The van der Waals surface area contributed by atoms with E-state index in [2.05, 4.69) is 31.8 Å². The second-order valence-corrected chi connectivity index (χ2v) is 7.32. The third kappa shape index (κ3) is 6.06. The van der Waals surface area contributed by atoms with Crippen LogP contribution in [0.15, 0.2) is 22.0 Å². The number of rotatable bonds is 4. The molecule has 23 heavy (non-hydrogen) atoms. The first-order valence-corrected chi connectivity index (χ1v) is 8.71. The lowest BCUT2D eigenvalue weighted by atomic mass is 9.95. The molecule has 5 heteroatoms. The van der Waals surface area contributed by atoms with E-state index in [4.69, 9.17) is 14.2 Å². The fraction of sp³-hybridized carbons (Fsp3) is 0.611. The average Bonchev–Trinajstić information content (AvgIpc) is 2.95. The number of carbonyl (C=O) groups excluding carboxylic acids is 1. The minimum atomic E-state index is -0.298. The van der Waals surface area contributed by atoms with Crippen molar-refractivity contribution in [1.29, 1.82) is 0 Å². The van der Waals surface area contributed by atoms with Gasteiger partial charge in [-0.15, -0.1) is 0 Å². The van der Waals surface area contributed by atoms with Gasteiger partial charge in [0.05, 0.1) is 36.2 Å². The molecule has 0 aromatic heterocycles. The lowest BCUT2D eigenvalue weighted by Crippen LogP contribution is -2.23. The van der Waals surface area contributed by atoms with Crippen LogP contribution in [0.2, 0.25) is 0 Å². The molecule has 0 radical (unpaired) electrons. The van der Waals surface area contributed by atoms with Crippen molar-refractivity contribution in [2.45, 2.75) is 39.2 Å². The highest BCUT2D eigenvalue weighted by molar-refractivity contribution is 8.07. The largest absolute Gasteiger partial charge is 0.465 e. The summed E-state index contributed by atoms with van der Waals surface area (Å²) in [4.78, 5) is 13.2. The van der Waals surface area contributed by atoms with E-state index in [1.54, 1.807) is 0 Å². The van der Waals surface area contributed by atoms with Crippen LogP contribution in [0, 0.1) is 17.3 Å². The summed E-state index contributed by atoms with van der Waals surface area (Å²) in [6.45, 7) is 6.16. The van der Waals surface area contributed by atoms with E-state index in [1.165, 1.54) is 18.9 Å². The number of carbonyl (C=O) groups is 1. The molecule has 2 rings (SSSR count).